The van der Waals surface area contributed by atoms with Crippen molar-refractivity contribution in [3.8, 4) is 5.69 Å². The molecular formula is C16H24N6O2S. The third kappa shape index (κ3) is 4.99. The fourth-order valence-corrected chi connectivity index (χ4v) is 3.51. The highest BCUT2D eigenvalue weighted by molar-refractivity contribution is 7.90. The molecule has 25 heavy (non-hydrogen) atoms. The molecule has 0 unspecified atom stereocenters. The quantitative estimate of drug-likeness (QED) is 0.814. The molecule has 0 spiro atoms. The summed E-state index contributed by atoms with van der Waals surface area (Å²) in [5, 5.41) is 15.4. The summed E-state index contributed by atoms with van der Waals surface area (Å²) in [6.45, 7) is 4.39. The molecule has 1 aliphatic heterocycles. The van der Waals surface area contributed by atoms with E-state index in [9.17, 15) is 8.42 Å². The summed E-state index contributed by atoms with van der Waals surface area (Å²) >= 11 is 0. The van der Waals surface area contributed by atoms with Crippen LogP contribution in [0.3, 0.4) is 0 Å². The van der Waals surface area contributed by atoms with Crippen molar-refractivity contribution in [1.82, 2.24) is 25.1 Å². The molecule has 1 saturated heterocycles. The lowest BCUT2D eigenvalue weighted by molar-refractivity contribution is 0.230. The van der Waals surface area contributed by atoms with Gasteiger partial charge in [0, 0.05) is 31.9 Å². The summed E-state index contributed by atoms with van der Waals surface area (Å²) in [6, 6.07) is 8.32. The zero-order valence-corrected chi connectivity index (χ0v) is 15.4. The number of hydrogen-bond acceptors (Lipinski definition) is 7. The zero-order chi connectivity index (χ0) is 17.9. The summed E-state index contributed by atoms with van der Waals surface area (Å²) in [4.78, 5) is 2.20. The molecule has 136 valence electrons. The topological polar surface area (TPSA) is 93.0 Å². The van der Waals surface area contributed by atoms with Gasteiger partial charge in [-0.15, -0.1) is 0 Å². The first kappa shape index (κ1) is 17.8. The summed E-state index contributed by atoms with van der Waals surface area (Å²) in [5.41, 5.74) is 2.11. The minimum atomic E-state index is -2.90. The summed E-state index contributed by atoms with van der Waals surface area (Å²) in [5.74, 6) is 0.856. The Bertz CT molecular complexity index is 794. The van der Waals surface area contributed by atoms with Crippen molar-refractivity contribution in [2.45, 2.75) is 25.8 Å². The average Bonchev–Trinajstić information content (AvgIpc) is 3.02. The highest BCUT2D eigenvalue weighted by atomic mass is 32.2. The van der Waals surface area contributed by atoms with Gasteiger partial charge in [-0.2, -0.15) is 4.68 Å². The summed E-state index contributed by atoms with van der Waals surface area (Å²) in [6.07, 6.45) is 3.15. The van der Waals surface area contributed by atoms with E-state index in [-0.39, 0.29) is 11.8 Å². The van der Waals surface area contributed by atoms with Crippen LogP contribution in [0.15, 0.2) is 24.3 Å². The number of piperidine rings is 1. The number of likely N-dealkylation sites (tertiary alicyclic amines) is 1. The maximum Gasteiger partial charge on any atom is 0.247 e. The number of benzene rings is 1. The Kier molecular flexibility index (Phi) is 5.33. The van der Waals surface area contributed by atoms with E-state index in [0.717, 1.165) is 31.6 Å². The normalized spacial score (nSPS) is 16.9. The van der Waals surface area contributed by atoms with Crippen molar-refractivity contribution >= 4 is 15.8 Å². The maximum absolute atomic E-state index is 11.3. The Morgan fingerprint density at radius 3 is 2.52 bits per heavy atom. The highest BCUT2D eigenvalue weighted by Crippen LogP contribution is 2.17. The lowest BCUT2D eigenvalue weighted by atomic mass is 10.1. The van der Waals surface area contributed by atoms with Crippen LogP contribution in [0.25, 0.3) is 5.69 Å². The van der Waals surface area contributed by atoms with Crippen LogP contribution in [0.5, 0.6) is 0 Å². The molecule has 9 heteroatoms. The number of sulfone groups is 1. The van der Waals surface area contributed by atoms with Gasteiger partial charge in [0.2, 0.25) is 5.95 Å². The molecule has 2 heterocycles. The number of nitrogens with one attached hydrogen (secondary N) is 1. The molecule has 1 aromatic carbocycles. The number of hydrogen-bond donors (Lipinski definition) is 1. The molecular weight excluding hydrogens is 340 g/mol. The first-order chi connectivity index (χ1) is 11.9. The molecule has 0 atom stereocenters. The monoisotopic (exact) mass is 364 g/mol. The molecule has 1 N–H and O–H groups in total. The van der Waals surface area contributed by atoms with E-state index in [1.54, 1.807) is 4.68 Å². The predicted molar refractivity (Wildman–Crippen MR) is 96.7 cm³/mol. The van der Waals surface area contributed by atoms with Crippen molar-refractivity contribution in [3.05, 3.63) is 29.8 Å². The Labute approximate surface area is 148 Å². The minimum Gasteiger partial charge on any atom is -0.350 e. The van der Waals surface area contributed by atoms with E-state index in [2.05, 4.69) is 25.7 Å². The lowest BCUT2D eigenvalue weighted by Gasteiger charge is -2.32. The van der Waals surface area contributed by atoms with Crippen LogP contribution in [0, 0.1) is 6.92 Å². The van der Waals surface area contributed by atoms with Gasteiger partial charge in [0.05, 0.1) is 11.4 Å². The number of tetrazole rings is 1. The Morgan fingerprint density at radius 1 is 1.20 bits per heavy atom. The molecule has 3 rings (SSSR count). The molecule has 0 amide bonds. The molecule has 1 aliphatic rings. The first-order valence-electron chi connectivity index (χ1n) is 8.43. The molecule has 8 nitrogen and oxygen atoms in total. The molecule has 0 aliphatic carbocycles. The SMILES string of the molecule is Cc1ccc(-n2nnnc2NC2CCN(CCS(C)(=O)=O)CC2)cc1. The second-order valence-corrected chi connectivity index (χ2v) is 8.90. The Morgan fingerprint density at radius 2 is 1.88 bits per heavy atom. The van der Waals surface area contributed by atoms with Crippen LogP contribution >= 0.6 is 0 Å². The van der Waals surface area contributed by atoms with Crippen LogP contribution in [-0.4, -0.2) is 71.2 Å². The lowest BCUT2D eigenvalue weighted by Crippen LogP contribution is -2.41. The van der Waals surface area contributed by atoms with Gasteiger partial charge in [0.15, 0.2) is 0 Å². The molecule has 2 aromatic rings. The van der Waals surface area contributed by atoms with E-state index in [1.807, 2.05) is 31.2 Å². The first-order valence-corrected chi connectivity index (χ1v) is 10.5. The van der Waals surface area contributed by atoms with Crippen molar-refractivity contribution < 1.29 is 8.42 Å². The number of anilines is 1. The van der Waals surface area contributed by atoms with E-state index in [0.29, 0.717) is 12.5 Å². The van der Waals surface area contributed by atoms with E-state index in [4.69, 9.17) is 0 Å². The fourth-order valence-electron chi connectivity index (χ4n) is 2.92. The van der Waals surface area contributed by atoms with Gasteiger partial charge in [-0.25, -0.2) is 8.42 Å². The van der Waals surface area contributed by atoms with Crippen molar-refractivity contribution in [2.75, 3.05) is 37.0 Å². The zero-order valence-electron chi connectivity index (χ0n) is 14.6. The number of nitrogens with zero attached hydrogens (tertiary/aromatic N) is 5. The van der Waals surface area contributed by atoms with Gasteiger partial charge in [0.1, 0.15) is 9.84 Å². The maximum atomic E-state index is 11.3. The van der Waals surface area contributed by atoms with E-state index >= 15 is 0 Å². The molecule has 1 fully saturated rings. The summed E-state index contributed by atoms with van der Waals surface area (Å²) in [7, 11) is -2.90. The van der Waals surface area contributed by atoms with Crippen LogP contribution in [0.4, 0.5) is 5.95 Å². The van der Waals surface area contributed by atoms with Crippen LogP contribution in [0.1, 0.15) is 18.4 Å². The van der Waals surface area contributed by atoms with Crippen molar-refractivity contribution in [3.63, 3.8) is 0 Å². The van der Waals surface area contributed by atoms with Crippen LogP contribution in [0.2, 0.25) is 0 Å². The molecule has 0 bridgehead atoms. The number of rotatable bonds is 6. The van der Waals surface area contributed by atoms with Crippen molar-refractivity contribution in [1.29, 1.82) is 0 Å². The van der Waals surface area contributed by atoms with Gasteiger partial charge in [0.25, 0.3) is 0 Å². The van der Waals surface area contributed by atoms with Gasteiger partial charge in [-0.3, -0.25) is 0 Å². The molecule has 0 radical (unpaired) electrons. The third-order valence-electron chi connectivity index (χ3n) is 4.45. The van der Waals surface area contributed by atoms with Crippen LogP contribution in [-0.2, 0) is 9.84 Å². The molecule has 0 saturated carbocycles. The van der Waals surface area contributed by atoms with Crippen LogP contribution < -0.4 is 5.32 Å². The minimum absolute atomic E-state index is 0.219. The largest absolute Gasteiger partial charge is 0.350 e. The van der Waals surface area contributed by atoms with E-state index in [1.165, 1.54) is 11.8 Å². The fraction of sp³-hybridized carbons (Fsp3) is 0.562. The smallest absolute Gasteiger partial charge is 0.247 e. The summed E-state index contributed by atoms with van der Waals surface area (Å²) < 4.78 is 24.3. The Balaban J connectivity index is 1.56. The Hall–Kier alpha value is -2.00. The number of aryl methyl sites for hydroxylation is 1. The van der Waals surface area contributed by atoms with Gasteiger partial charge < -0.3 is 10.2 Å². The van der Waals surface area contributed by atoms with Gasteiger partial charge in [-0.1, -0.05) is 22.8 Å². The van der Waals surface area contributed by atoms with Crippen molar-refractivity contribution in [2.24, 2.45) is 0 Å². The standard InChI is InChI=1S/C16H24N6O2S/c1-13-3-5-15(6-4-13)22-16(18-19-20-22)17-14-7-9-21(10-8-14)11-12-25(2,23)24/h3-6,14H,7-12H2,1-2H3,(H,17,18,20). The second-order valence-electron chi connectivity index (χ2n) is 6.64. The average molecular weight is 364 g/mol. The number of aromatic nitrogens is 4. The second kappa shape index (κ2) is 7.49. The highest BCUT2D eigenvalue weighted by Gasteiger charge is 2.21. The van der Waals surface area contributed by atoms with Gasteiger partial charge >= 0.3 is 0 Å². The third-order valence-corrected chi connectivity index (χ3v) is 5.37. The van der Waals surface area contributed by atoms with E-state index < -0.39 is 9.84 Å². The molecule has 1 aromatic heterocycles. The van der Waals surface area contributed by atoms with Gasteiger partial charge in [-0.05, 0) is 42.3 Å². The predicted octanol–water partition coefficient (Wildman–Crippen LogP) is 0.892.